The molecule has 0 bridgehead atoms. The molecule has 2 rings (SSSR count). The normalized spacial score (nSPS) is 16.7. The van der Waals surface area contributed by atoms with Gasteiger partial charge in [0.25, 0.3) is 0 Å². The van der Waals surface area contributed by atoms with Crippen LogP contribution in [-0.2, 0) is 18.3 Å². The van der Waals surface area contributed by atoms with Gasteiger partial charge in [-0.1, -0.05) is 11.6 Å². The zero-order valence-corrected chi connectivity index (χ0v) is 14.8. The van der Waals surface area contributed by atoms with Gasteiger partial charge in [-0.15, -0.1) is 0 Å². The van der Waals surface area contributed by atoms with Crippen molar-refractivity contribution < 1.29 is 4.74 Å². The van der Waals surface area contributed by atoms with Crippen LogP contribution in [0, 0.1) is 5.41 Å². The van der Waals surface area contributed by atoms with Gasteiger partial charge in [-0.2, -0.15) is 0 Å². The van der Waals surface area contributed by atoms with Gasteiger partial charge in [0, 0.05) is 53.3 Å². The van der Waals surface area contributed by atoms with E-state index < -0.39 is 0 Å². The average molecular weight is 327 g/mol. The molecular formula is C16H27ClN4O. The second kappa shape index (κ2) is 7.38. The predicted octanol–water partition coefficient (Wildman–Crippen LogP) is 2.50. The van der Waals surface area contributed by atoms with Crippen LogP contribution in [0.3, 0.4) is 0 Å². The number of methoxy groups -OCH3 is 1. The van der Waals surface area contributed by atoms with Crippen molar-refractivity contribution in [2.75, 3.05) is 34.4 Å². The highest BCUT2D eigenvalue weighted by atomic mass is 35.5. The Morgan fingerprint density at radius 2 is 2.27 bits per heavy atom. The number of nitrogens with zero attached hydrogens (tertiary/aromatic N) is 3. The Bertz CT molecular complexity index is 522. The Morgan fingerprint density at radius 3 is 2.77 bits per heavy atom. The first-order chi connectivity index (χ1) is 10.5. The number of ether oxygens (including phenoxy) is 1. The van der Waals surface area contributed by atoms with E-state index in [2.05, 4.69) is 15.2 Å². The summed E-state index contributed by atoms with van der Waals surface area (Å²) < 4.78 is 7.26. The molecule has 1 aromatic rings. The molecule has 1 N–H and O–H groups in total. The molecule has 1 heterocycles. The van der Waals surface area contributed by atoms with Crippen molar-refractivity contribution in [3.63, 3.8) is 0 Å². The summed E-state index contributed by atoms with van der Waals surface area (Å²) >= 11 is 6.04. The summed E-state index contributed by atoms with van der Waals surface area (Å²) in [6, 6.07) is 1.99. The summed E-state index contributed by atoms with van der Waals surface area (Å²) in [6.45, 7) is 2.56. The molecule has 1 saturated carbocycles. The second-order valence-corrected chi connectivity index (χ2v) is 6.70. The lowest BCUT2D eigenvalue weighted by molar-refractivity contribution is 0.172. The van der Waals surface area contributed by atoms with E-state index in [1.807, 2.05) is 38.0 Å². The van der Waals surface area contributed by atoms with Crippen molar-refractivity contribution in [3.05, 3.63) is 23.0 Å². The highest BCUT2D eigenvalue weighted by Gasteiger charge is 2.42. The van der Waals surface area contributed by atoms with Gasteiger partial charge >= 0.3 is 0 Å². The number of hydrogen-bond donors (Lipinski definition) is 1. The third kappa shape index (κ3) is 4.40. The fourth-order valence-corrected chi connectivity index (χ4v) is 2.98. The van der Waals surface area contributed by atoms with Gasteiger partial charge in [-0.25, -0.2) is 0 Å². The van der Waals surface area contributed by atoms with E-state index in [1.54, 1.807) is 7.11 Å². The summed E-state index contributed by atoms with van der Waals surface area (Å²) in [6.07, 6.45) is 5.59. The topological polar surface area (TPSA) is 41.8 Å². The Morgan fingerprint density at radius 1 is 1.55 bits per heavy atom. The summed E-state index contributed by atoms with van der Waals surface area (Å²) in [7, 11) is 7.65. The highest BCUT2D eigenvalue weighted by molar-refractivity contribution is 6.30. The van der Waals surface area contributed by atoms with Crippen LogP contribution in [0.5, 0.6) is 0 Å². The van der Waals surface area contributed by atoms with Crippen LogP contribution in [0.15, 0.2) is 17.3 Å². The molecule has 0 radical (unpaired) electrons. The first-order valence-corrected chi connectivity index (χ1v) is 8.09. The first kappa shape index (κ1) is 17.2. The molecule has 1 aliphatic carbocycles. The third-order valence-corrected chi connectivity index (χ3v) is 4.67. The van der Waals surface area contributed by atoms with Crippen LogP contribution in [0.1, 0.15) is 25.0 Å². The van der Waals surface area contributed by atoms with Crippen molar-refractivity contribution in [1.82, 2.24) is 14.8 Å². The molecule has 6 heteroatoms. The molecule has 1 fully saturated rings. The van der Waals surface area contributed by atoms with Gasteiger partial charge in [-0.3, -0.25) is 4.99 Å². The minimum absolute atomic E-state index is 0.404. The fraction of sp³-hybridized carbons (Fsp3) is 0.688. The number of aryl methyl sites for hydroxylation is 1. The molecule has 0 amide bonds. The quantitative estimate of drug-likeness (QED) is 0.618. The van der Waals surface area contributed by atoms with E-state index >= 15 is 0 Å². The maximum Gasteiger partial charge on any atom is 0.193 e. The fourth-order valence-electron chi connectivity index (χ4n) is 2.70. The monoisotopic (exact) mass is 326 g/mol. The Hall–Kier alpha value is -1.20. The van der Waals surface area contributed by atoms with E-state index in [-0.39, 0.29) is 0 Å². The number of halogens is 1. The number of guanidine groups is 1. The number of nitrogens with one attached hydrogen (secondary N) is 1. The Balaban J connectivity index is 1.87. The van der Waals surface area contributed by atoms with Crippen LogP contribution in [0.2, 0.25) is 5.02 Å². The van der Waals surface area contributed by atoms with Crippen molar-refractivity contribution in [1.29, 1.82) is 0 Å². The van der Waals surface area contributed by atoms with Crippen LogP contribution in [0.4, 0.5) is 0 Å². The lowest BCUT2D eigenvalue weighted by Gasteiger charge is -2.24. The minimum atomic E-state index is 0.404. The SMILES string of the molecule is CN=C(NCC1(CCOC)CC1)N(C)Cc1cc(Cl)cn1C. The summed E-state index contributed by atoms with van der Waals surface area (Å²) in [5.41, 5.74) is 1.57. The zero-order valence-electron chi connectivity index (χ0n) is 14.0. The van der Waals surface area contributed by atoms with E-state index in [0.29, 0.717) is 5.41 Å². The minimum Gasteiger partial charge on any atom is -0.385 e. The summed E-state index contributed by atoms with van der Waals surface area (Å²) in [5.74, 6) is 0.918. The van der Waals surface area contributed by atoms with E-state index in [0.717, 1.165) is 42.8 Å². The van der Waals surface area contributed by atoms with Gasteiger partial charge in [0.05, 0.1) is 11.6 Å². The van der Waals surface area contributed by atoms with Crippen LogP contribution < -0.4 is 5.32 Å². The molecule has 0 saturated heterocycles. The number of aliphatic imine (C=N–C) groups is 1. The first-order valence-electron chi connectivity index (χ1n) is 7.71. The van der Waals surface area contributed by atoms with Gasteiger partial charge in [0.1, 0.15) is 0 Å². The molecule has 0 spiro atoms. The Kier molecular flexibility index (Phi) is 5.75. The molecule has 5 nitrogen and oxygen atoms in total. The molecule has 0 aliphatic heterocycles. The summed E-state index contributed by atoms with van der Waals surface area (Å²) in [4.78, 5) is 6.51. The van der Waals surface area contributed by atoms with E-state index in [1.165, 1.54) is 12.8 Å². The standard InChI is InChI=1S/C16H27ClN4O/c1-18-15(19-12-16(5-6-16)7-8-22-4)21(3)11-14-9-13(17)10-20(14)2/h9-10H,5-8,11-12H2,1-4H3,(H,18,19). The van der Waals surface area contributed by atoms with Gasteiger partial charge in [0.2, 0.25) is 0 Å². The molecule has 1 aliphatic rings. The van der Waals surface area contributed by atoms with Crippen LogP contribution >= 0.6 is 11.6 Å². The van der Waals surface area contributed by atoms with E-state index in [4.69, 9.17) is 16.3 Å². The van der Waals surface area contributed by atoms with E-state index in [9.17, 15) is 0 Å². The molecule has 124 valence electrons. The molecular weight excluding hydrogens is 300 g/mol. The zero-order chi connectivity index (χ0) is 16.2. The second-order valence-electron chi connectivity index (χ2n) is 6.26. The van der Waals surface area contributed by atoms with Crippen LogP contribution in [0.25, 0.3) is 0 Å². The molecule has 22 heavy (non-hydrogen) atoms. The lowest BCUT2D eigenvalue weighted by atomic mass is 10.0. The van der Waals surface area contributed by atoms with Crippen molar-refractivity contribution >= 4 is 17.6 Å². The smallest absolute Gasteiger partial charge is 0.193 e. The summed E-state index contributed by atoms with van der Waals surface area (Å²) in [5, 5.41) is 4.27. The Labute approximate surface area is 138 Å². The highest BCUT2D eigenvalue weighted by Crippen LogP contribution is 2.48. The molecule has 0 aromatic carbocycles. The predicted molar refractivity (Wildman–Crippen MR) is 91.4 cm³/mol. The van der Waals surface area contributed by atoms with Crippen LogP contribution in [-0.4, -0.2) is 49.8 Å². The number of rotatable bonds is 7. The maximum atomic E-state index is 6.04. The van der Waals surface area contributed by atoms with Crippen molar-refractivity contribution in [2.24, 2.45) is 17.5 Å². The molecule has 0 unspecified atom stereocenters. The lowest BCUT2D eigenvalue weighted by Crippen LogP contribution is -2.41. The molecule has 1 aromatic heterocycles. The maximum absolute atomic E-state index is 6.04. The third-order valence-electron chi connectivity index (χ3n) is 4.46. The molecule has 0 atom stereocenters. The van der Waals surface area contributed by atoms with Gasteiger partial charge < -0.3 is 19.5 Å². The van der Waals surface area contributed by atoms with Crippen molar-refractivity contribution in [3.8, 4) is 0 Å². The number of hydrogen-bond acceptors (Lipinski definition) is 2. The van der Waals surface area contributed by atoms with Gasteiger partial charge in [0.15, 0.2) is 5.96 Å². The van der Waals surface area contributed by atoms with Gasteiger partial charge in [-0.05, 0) is 30.7 Å². The largest absolute Gasteiger partial charge is 0.385 e. The average Bonchev–Trinajstić information content (AvgIpc) is 3.18. The number of aromatic nitrogens is 1. The van der Waals surface area contributed by atoms with Crippen molar-refractivity contribution in [2.45, 2.75) is 25.8 Å².